The predicted molar refractivity (Wildman–Crippen MR) is 175 cm³/mol. The second kappa shape index (κ2) is 11.9. The first kappa shape index (κ1) is 34.7. The van der Waals surface area contributed by atoms with Crippen LogP contribution in [-0.2, 0) is 19.2 Å². The molecule has 15 heteroatoms. The second-order valence-corrected chi connectivity index (χ2v) is 13.9. The van der Waals surface area contributed by atoms with Gasteiger partial charge in [0.1, 0.15) is 5.69 Å². The van der Waals surface area contributed by atoms with E-state index in [4.69, 9.17) is 27.9 Å². The number of allylic oxidation sites excluding steroid dienone is 2. The highest BCUT2D eigenvalue weighted by Crippen LogP contribution is 2.67. The van der Waals surface area contributed by atoms with Gasteiger partial charge in [0.2, 0.25) is 17.6 Å². The summed E-state index contributed by atoms with van der Waals surface area (Å²) in [6.45, 7) is 5.39. The molecule has 4 amide bonds. The number of fused-ring (bicyclic) bond motifs is 4. The van der Waals surface area contributed by atoms with Crippen molar-refractivity contribution in [1.29, 1.82) is 0 Å². The molecule has 0 aromatic heterocycles. The van der Waals surface area contributed by atoms with E-state index in [1.54, 1.807) is 37.3 Å². The molecule has 8 nitrogen and oxygen atoms in total. The first-order valence-electron chi connectivity index (χ1n) is 15.7. The molecule has 2 saturated heterocycles. The van der Waals surface area contributed by atoms with Crippen LogP contribution in [0.5, 0.6) is 11.5 Å². The van der Waals surface area contributed by atoms with E-state index in [9.17, 15) is 37.5 Å². The van der Waals surface area contributed by atoms with Gasteiger partial charge in [0, 0.05) is 11.5 Å². The van der Waals surface area contributed by atoms with Crippen molar-refractivity contribution >= 4 is 64.3 Å². The highest BCUT2D eigenvalue weighted by molar-refractivity contribution is 6.58. The summed E-state index contributed by atoms with van der Waals surface area (Å²) in [4.78, 5) is 52.0. The number of benzene rings is 3. The zero-order valence-corrected chi connectivity index (χ0v) is 27.9. The molecule has 0 radical (unpaired) electrons. The molecule has 7 rings (SSSR count). The van der Waals surface area contributed by atoms with Gasteiger partial charge in [-0.2, -0.15) is 0 Å². The number of alkyl halides is 2. The maximum Gasteiger partial charge on any atom is 0.258 e. The summed E-state index contributed by atoms with van der Waals surface area (Å²) >= 11 is 14.3. The maximum atomic E-state index is 15.3. The number of carbonyl (C=O) groups is 4. The smallest absolute Gasteiger partial charge is 0.258 e. The minimum Gasteiger partial charge on any atom is -0.504 e. The van der Waals surface area contributed by atoms with Gasteiger partial charge in [0.05, 0.1) is 24.1 Å². The van der Waals surface area contributed by atoms with Crippen molar-refractivity contribution in [2.75, 3.05) is 16.4 Å². The molecule has 0 spiro atoms. The Morgan fingerprint density at radius 1 is 0.882 bits per heavy atom. The number of para-hydroxylation sites is 1. The van der Waals surface area contributed by atoms with Crippen molar-refractivity contribution in [2.24, 2.45) is 17.8 Å². The average Bonchev–Trinajstić information content (AvgIpc) is 3.46. The summed E-state index contributed by atoms with van der Waals surface area (Å²) in [7, 11) is 0. The van der Waals surface area contributed by atoms with Crippen LogP contribution in [0.15, 0.2) is 60.7 Å². The minimum atomic E-state index is -2.78. The molecule has 3 aromatic rings. The molecule has 6 unspecified atom stereocenters. The van der Waals surface area contributed by atoms with Crippen molar-refractivity contribution < 1.29 is 51.0 Å². The van der Waals surface area contributed by atoms with Gasteiger partial charge in [-0.15, -0.1) is 23.2 Å². The minimum absolute atomic E-state index is 0.0591. The van der Waals surface area contributed by atoms with E-state index >= 15 is 8.78 Å². The second-order valence-electron chi connectivity index (χ2n) is 12.6. The van der Waals surface area contributed by atoms with Crippen LogP contribution in [0, 0.1) is 46.8 Å². The van der Waals surface area contributed by atoms with Crippen LogP contribution in [0.1, 0.15) is 36.8 Å². The number of carbonyl (C=O) groups excluding carboxylic acids is 4. The molecule has 0 bridgehead atoms. The maximum absolute atomic E-state index is 15.3. The largest absolute Gasteiger partial charge is 0.504 e. The van der Waals surface area contributed by atoms with Crippen molar-refractivity contribution in [2.45, 2.75) is 35.4 Å². The van der Waals surface area contributed by atoms with Gasteiger partial charge in [0.25, 0.3) is 11.8 Å². The zero-order valence-electron chi connectivity index (χ0n) is 26.4. The molecule has 2 aliphatic heterocycles. The molecule has 3 aromatic carbocycles. The SMILES string of the molecule is C=Cc1ccc(N2C(=O)C3CC=C4C(CC5(Cl)C(=O)N(c6c(F)c(F)c(F)c(F)c6F)C(=O)C5(Cl)C4c4cccc(OCC)c4O)C3C2=O)cc1. The fourth-order valence-corrected chi connectivity index (χ4v) is 8.90. The number of aromatic hydroxyl groups is 1. The Kier molecular flexibility index (Phi) is 8.10. The number of hydrogen-bond donors (Lipinski definition) is 1. The normalized spacial score (nSPS) is 28.4. The number of ether oxygens (including phenoxy) is 1. The highest BCUT2D eigenvalue weighted by atomic mass is 35.5. The monoisotopic (exact) mass is 746 g/mol. The van der Waals surface area contributed by atoms with E-state index in [-0.39, 0.29) is 40.5 Å². The lowest BCUT2D eigenvalue weighted by Gasteiger charge is -2.50. The number of amides is 4. The van der Waals surface area contributed by atoms with Gasteiger partial charge in [-0.3, -0.25) is 24.1 Å². The first-order valence-corrected chi connectivity index (χ1v) is 16.4. The molecule has 2 heterocycles. The van der Waals surface area contributed by atoms with Gasteiger partial charge in [-0.05, 0) is 49.4 Å². The number of nitrogens with zero attached hydrogens (tertiary/aromatic N) is 2. The van der Waals surface area contributed by atoms with E-state index in [0.29, 0.717) is 5.56 Å². The Bertz CT molecular complexity index is 2100. The van der Waals surface area contributed by atoms with E-state index in [0.717, 1.165) is 4.90 Å². The lowest BCUT2D eigenvalue weighted by Crippen LogP contribution is -2.60. The summed E-state index contributed by atoms with van der Waals surface area (Å²) in [5.41, 5.74) is -0.883. The summed E-state index contributed by atoms with van der Waals surface area (Å²) in [5.74, 6) is -22.5. The topological polar surface area (TPSA) is 104 Å². The number of rotatable bonds is 6. The Morgan fingerprint density at radius 2 is 1.51 bits per heavy atom. The van der Waals surface area contributed by atoms with Gasteiger partial charge in [-0.25, -0.2) is 26.9 Å². The molecule has 3 fully saturated rings. The Labute approximate surface area is 296 Å². The molecule has 4 aliphatic rings. The lowest BCUT2D eigenvalue weighted by molar-refractivity contribution is -0.125. The molecule has 6 atom stereocenters. The number of imide groups is 2. The molecule has 264 valence electrons. The van der Waals surface area contributed by atoms with Crippen LogP contribution in [0.4, 0.5) is 33.3 Å². The van der Waals surface area contributed by atoms with Gasteiger partial charge in [-0.1, -0.05) is 48.6 Å². The Hall–Kier alpha value is -4.75. The zero-order chi connectivity index (χ0) is 36.9. The summed E-state index contributed by atoms with van der Waals surface area (Å²) in [6.07, 6.45) is 2.38. The van der Waals surface area contributed by atoms with E-state index in [2.05, 4.69) is 6.58 Å². The van der Waals surface area contributed by atoms with E-state index in [1.807, 2.05) is 0 Å². The lowest BCUT2D eigenvalue weighted by atomic mass is 9.56. The number of phenolic OH excluding ortho intramolecular Hbond substituents is 1. The van der Waals surface area contributed by atoms with Crippen LogP contribution in [0.2, 0.25) is 0 Å². The third-order valence-electron chi connectivity index (χ3n) is 10.2. The standard InChI is InChI=1S/C36H25Cl2F5N2O6/c1-3-15-8-10-16(11-9-15)44-31(47)18-13-12-17-20(22(18)32(44)48)14-35(37)33(49)45(29-27(42)25(40)24(39)26(41)28(29)43)34(50)36(35,38)23(17)19-6-5-7-21(30(19)46)51-4-2/h3,5-12,18,20,22-23,46H,1,4,13-14H2,2H3. The van der Waals surface area contributed by atoms with E-state index < -0.39 is 104 Å². The predicted octanol–water partition coefficient (Wildman–Crippen LogP) is 6.90. The van der Waals surface area contributed by atoms with Crippen molar-refractivity contribution in [3.8, 4) is 11.5 Å². The van der Waals surface area contributed by atoms with Crippen LogP contribution in [0.25, 0.3) is 6.08 Å². The van der Waals surface area contributed by atoms with Crippen LogP contribution in [-0.4, -0.2) is 45.1 Å². The summed E-state index contributed by atoms with van der Waals surface area (Å²) in [6, 6.07) is 10.5. The quantitative estimate of drug-likeness (QED) is 0.0736. The Morgan fingerprint density at radius 3 is 2.12 bits per heavy atom. The van der Waals surface area contributed by atoms with Gasteiger partial charge in [0.15, 0.2) is 44.5 Å². The number of hydrogen-bond acceptors (Lipinski definition) is 6. The number of anilines is 2. The first-order chi connectivity index (χ1) is 24.1. The average molecular weight is 748 g/mol. The molecule has 51 heavy (non-hydrogen) atoms. The van der Waals surface area contributed by atoms with Crippen molar-refractivity contribution in [1.82, 2.24) is 0 Å². The molecular formula is C36H25Cl2F5N2O6. The number of halogens is 7. The molecular weight excluding hydrogens is 722 g/mol. The summed E-state index contributed by atoms with van der Waals surface area (Å²) < 4.78 is 79.0. The fourth-order valence-electron chi connectivity index (χ4n) is 7.97. The van der Waals surface area contributed by atoms with Crippen LogP contribution in [0.3, 0.4) is 0 Å². The van der Waals surface area contributed by atoms with Crippen LogP contribution < -0.4 is 14.5 Å². The third-order valence-corrected chi connectivity index (χ3v) is 11.7. The van der Waals surface area contributed by atoms with Crippen LogP contribution >= 0.6 is 23.2 Å². The molecule has 1 N–H and O–H groups in total. The van der Waals surface area contributed by atoms with Gasteiger partial charge >= 0.3 is 0 Å². The summed E-state index contributed by atoms with van der Waals surface area (Å²) in [5, 5.41) is 11.5. The number of phenols is 1. The van der Waals surface area contributed by atoms with E-state index in [1.165, 1.54) is 24.3 Å². The fraction of sp³-hybridized carbons (Fsp3) is 0.278. The third kappa shape index (κ3) is 4.49. The van der Waals surface area contributed by atoms with Crippen molar-refractivity contribution in [3.63, 3.8) is 0 Å². The highest BCUT2D eigenvalue weighted by Gasteiger charge is 2.77. The van der Waals surface area contributed by atoms with Gasteiger partial charge < -0.3 is 9.84 Å². The Balaban J connectivity index is 1.44. The van der Waals surface area contributed by atoms with Crippen molar-refractivity contribution in [3.05, 3.63) is 101 Å². The molecule has 1 saturated carbocycles. The molecule has 2 aliphatic carbocycles.